The molecular weight excluding hydrogens is 281 g/mol. The highest BCUT2D eigenvalue weighted by atomic mass is 79.9. The van der Waals surface area contributed by atoms with Crippen molar-refractivity contribution < 1.29 is 9.59 Å². The van der Waals surface area contributed by atoms with Crippen molar-refractivity contribution in [3.63, 3.8) is 0 Å². The Labute approximate surface area is 99.9 Å². The second kappa shape index (κ2) is 3.94. The van der Waals surface area contributed by atoms with Crippen molar-refractivity contribution in [3.05, 3.63) is 28.3 Å². The molecule has 0 aromatic heterocycles. The predicted molar refractivity (Wildman–Crippen MR) is 61.9 cm³/mol. The summed E-state index contributed by atoms with van der Waals surface area (Å²) in [6.45, 7) is 0. The van der Waals surface area contributed by atoms with Crippen LogP contribution in [0.1, 0.15) is 15.9 Å². The van der Waals surface area contributed by atoms with Crippen LogP contribution >= 0.6 is 27.5 Å². The molecule has 1 N–H and O–H groups in total. The lowest BCUT2D eigenvalue weighted by Gasteiger charge is -2.04. The second-order valence-electron chi connectivity index (χ2n) is 3.27. The van der Waals surface area contributed by atoms with Gasteiger partial charge in [-0.3, -0.25) is 9.59 Å². The van der Waals surface area contributed by atoms with Crippen LogP contribution in [0.5, 0.6) is 0 Å². The van der Waals surface area contributed by atoms with E-state index in [1.807, 2.05) is 0 Å². The Bertz CT molecular complexity index is 459. The number of amides is 1. The summed E-state index contributed by atoms with van der Waals surface area (Å²) in [6.07, 6.45) is 0.315. The van der Waals surface area contributed by atoms with Crippen molar-refractivity contribution in [2.45, 2.75) is 6.42 Å². The average Bonchev–Trinajstić information content (AvgIpc) is 2.55. The van der Waals surface area contributed by atoms with Crippen molar-refractivity contribution in [1.82, 2.24) is 0 Å². The molecular formula is C10H7BrClNO2. The van der Waals surface area contributed by atoms with Gasteiger partial charge in [0.05, 0.1) is 16.8 Å². The maximum Gasteiger partial charge on any atom is 0.228 e. The number of rotatable bonds is 2. The van der Waals surface area contributed by atoms with Crippen LogP contribution in [0.25, 0.3) is 0 Å². The molecule has 0 unspecified atom stereocenters. The molecule has 3 nitrogen and oxygen atoms in total. The molecule has 1 heterocycles. The summed E-state index contributed by atoms with van der Waals surface area (Å²) in [4.78, 5) is 22.6. The number of ketones is 1. The molecule has 1 aliphatic rings. The number of hydrogen-bond acceptors (Lipinski definition) is 2. The van der Waals surface area contributed by atoms with E-state index in [9.17, 15) is 9.59 Å². The number of fused-ring (bicyclic) bond motifs is 1. The number of anilines is 1. The van der Waals surface area contributed by atoms with Gasteiger partial charge in [-0.2, -0.15) is 0 Å². The third-order valence-corrected chi connectivity index (χ3v) is 3.06. The Balaban J connectivity index is 2.48. The zero-order chi connectivity index (χ0) is 11.0. The maximum atomic E-state index is 11.5. The second-order valence-corrected chi connectivity index (χ2v) is 4.24. The number of hydrogen-bond donors (Lipinski definition) is 1. The van der Waals surface area contributed by atoms with Crippen LogP contribution in [0, 0.1) is 0 Å². The Morgan fingerprint density at radius 1 is 1.53 bits per heavy atom. The van der Waals surface area contributed by atoms with Gasteiger partial charge in [-0.25, -0.2) is 0 Å². The van der Waals surface area contributed by atoms with Gasteiger partial charge in [0.15, 0.2) is 5.78 Å². The smallest absolute Gasteiger partial charge is 0.228 e. The first-order valence-electron chi connectivity index (χ1n) is 4.33. The minimum Gasteiger partial charge on any atom is -0.325 e. The van der Waals surface area contributed by atoms with Crippen molar-refractivity contribution in [2.75, 3.05) is 10.6 Å². The first kappa shape index (κ1) is 10.6. The van der Waals surface area contributed by atoms with Gasteiger partial charge in [-0.05, 0) is 17.7 Å². The van der Waals surface area contributed by atoms with Gasteiger partial charge >= 0.3 is 0 Å². The minimum absolute atomic E-state index is 0.0653. The van der Waals surface area contributed by atoms with E-state index in [-0.39, 0.29) is 17.0 Å². The van der Waals surface area contributed by atoms with E-state index in [1.165, 1.54) is 0 Å². The monoisotopic (exact) mass is 287 g/mol. The van der Waals surface area contributed by atoms with Gasteiger partial charge in [-0.15, -0.1) is 0 Å². The summed E-state index contributed by atoms with van der Waals surface area (Å²) in [6, 6.07) is 3.30. The van der Waals surface area contributed by atoms with E-state index < -0.39 is 0 Å². The van der Waals surface area contributed by atoms with Crippen LogP contribution in [-0.4, -0.2) is 17.0 Å². The van der Waals surface area contributed by atoms with E-state index >= 15 is 0 Å². The van der Waals surface area contributed by atoms with Gasteiger partial charge in [0.2, 0.25) is 5.91 Å². The summed E-state index contributed by atoms with van der Waals surface area (Å²) in [5.41, 5.74) is 1.99. The molecule has 0 aliphatic carbocycles. The van der Waals surface area contributed by atoms with Crippen LogP contribution in [0.15, 0.2) is 12.1 Å². The fourth-order valence-corrected chi connectivity index (χ4v) is 2.10. The average molecular weight is 289 g/mol. The molecule has 0 bridgehead atoms. The van der Waals surface area contributed by atoms with E-state index in [1.54, 1.807) is 12.1 Å². The van der Waals surface area contributed by atoms with E-state index in [2.05, 4.69) is 21.2 Å². The molecule has 2 rings (SSSR count). The molecule has 0 saturated carbocycles. The van der Waals surface area contributed by atoms with Crippen molar-refractivity contribution >= 4 is 44.9 Å². The van der Waals surface area contributed by atoms with Gasteiger partial charge in [-0.1, -0.05) is 27.5 Å². The standard InChI is InChI=1S/C10H7BrClNO2/c11-4-9(14)6-1-5-2-10(15)13-8(5)3-7(6)12/h1,3H,2,4H2,(H,13,15). The Kier molecular flexibility index (Phi) is 2.80. The summed E-state index contributed by atoms with van der Waals surface area (Å²) >= 11 is 9.02. The number of halogens is 2. The SMILES string of the molecule is O=C1Cc2cc(C(=O)CBr)c(Cl)cc2N1. The first-order valence-corrected chi connectivity index (χ1v) is 5.83. The molecule has 0 atom stereocenters. The summed E-state index contributed by atoms with van der Waals surface area (Å²) in [5.74, 6) is -0.147. The molecule has 1 aromatic rings. The molecule has 0 radical (unpaired) electrons. The number of benzene rings is 1. The number of carbonyl (C=O) groups is 2. The highest BCUT2D eigenvalue weighted by Crippen LogP contribution is 2.30. The summed E-state index contributed by atoms with van der Waals surface area (Å²) in [5, 5.41) is 3.28. The number of Topliss-reactive ketones (excluding diaryl/α,β-unsaturated/α-hetero) is 1. The van der Waals surface area contributed by atoms with Crippen LogP contribution in [0.3, 0.4) is 0 Å². The zero-order valence-corrected chi connectivity index (χ0v) is 9.98. The minimum atomic E-state index is -0.0813. The predicted octanol–water partition coefficient (Wildman–Crippen LogP) is 2.41. The van der Waals surface area contributed by atoms with Crippen molar-refractivity contribution in [3.8, 4) is 0 Å². The Morgan fingerprint density at radius 3 is 2.93 bits per heavy atom. The summed E-state index contributed by atoms with van der Waals surface area (Å²) in [7, 11) is 0. The first-order chi connectivity index (χ1) is 7.11. The van der Waals surface area contributed by atoms with Crippen molar-refractivity contribution in [1.29, 1.82) is 0 Å². The van der Waals surface area contributed by atoms with Crippen LogP contribution in [0.4, 0.5) is 5.69 Å². The van der Waals surface area contributed by atoms with E-state index in [0.717, 1.165) is 5.56 Å². The summed E-state index contributed by atoms with van der Waals surface area (Å²) < 4.78 is 0. The van der Waals surface area contributed by atoms with E-state index in [4.69, 9.17) is 11.6 Å². The quantitative estimate of drug-likeness (QED) is 0.671. The number of alkyl halides is 1. The highest BCUT2D eigenvalue weighted by molar-refractivity contribution is 9.09. The zero-order valence-electron chi connectivity index (χ0n) is 7.64. The third kappa shape index (κ3) is 1.92. The molecule has 0 fully saturated rings. The molecule has 0 spiro atoms. The van der Waals surface area contributed by atoms with Gasteiger partial charge in [0.1, 0.15) is 0 Å². The lowest BCUT2D eigenvalue weighted by Crippen LogP contribution is -2.03. The van der Waals surface area contributed by atoms with Crippen LogP contribution in [-0.2, 0) is 11.2 Å². The topological polar surface area (TPSA) is 46.2 Å². The number of carbonyl (C=O) groups excluding carboxylic acids is 2. The third-order valence-electron chi connectivity index (χ3n) is 2.24. The highest BCUT2D eigenvalue weighted by Gasteiger charge is 2.21. The van der Waals surface area contributed by atoms with Crippen molar-refractivity contribution in [2.24, 2.45) is 0 Å². The Hall–Kier alpha value is -0.870. The molecule has 1 amide bonds. The van der Waals surface area contributed by atoms with Gasteiger partial charge in [0, 0.05) is 11.3 Å². The molecule has 1 aliphatic heterocycles. The van der Waals surface area contributed by atoms with Gasteiger partial charge < -0.3 is 5.32 Å². The van der Waals surface area contributed by atoms with Crippen LogP contribution < -0.4 is 5.32 Å². The van der Waals surface area contributed by atoms with Gasteiger partial charge in [0.25, 0.3) is 0 Å². The molecule has 5 heteroatoms. The van der Waals surface area contributed by atoms with E-state index in [0.29, 0.717) is 22.7 Å². The largest absolute Gasteiger partial charge is 0.325 e. The Morgan fingerprint density at radius 2 is 2.27 bits per heavy atom. The lowest BCUT2D eigenvalue weighted by molar-refractivity contribution is -0.115. The fraction of sp³-hybridized carbons (Fsp3) is 0.200. The molecule has 15 heavy (non-hydrogen) atoms. The normalized spacial score (nSPS) is 13.6. The lowest BCUT2D eigenvalue weighted by atomic mass is 10.1. The fourth-order valence-electron chi connectivity index (χ4n) is 1.53. The maximum absolute atomic E-state index is 11.5. The molecule has 0 saturated heterocycles. The number of nitrogens with one attached hydrogen (secondary N) is 1. The van der Waals surface area contributed by atoms with Crippen LogP contribution in [0.2, 0.25) is 5.02 Å². The molecule has 78 valence electrons. The molecule has 1 aromatic carbocycles.